The number of halogens is 1. The molecule has 1 saturated heterocycles. The number of hydrogen-bond donors (Lipinski definition) is 3. The number of ether oxygens (including phenoxy) is 3. The number of anilines is 4. The van der Waals surface area contributed by atoms with Crippen LogP contribution in [0, 0.1) is 13.8 Å². The first kappa shape index (κ1) is 49.3. The molecule has 2 unspecified atom stereocenters. The number of para-hydroxylation sites is 1. The Hall–Kier alpha value is -3.70. The maximum Gasteiger partial charge on any atom is 0.267 e. The molecule has 0 saturated carbocycles. The van der Waals surface area contributed by atoms with E-state index in [-0.39, 0.29) is 16.7 Å². The van der Waals surface area contributed by atoms with Gasteiger partial charge in [-0.05, 0) is 89.6 Å². The summed E-state index contributed by atoms with van der Waals surface area (Å²) in [6.07, 6.45) is 9.80. The zero-order valence-electron chi connectivity index (χ0n) is 37.5. The molecule has 62 heavy (non-hydrogen) atoms. The number of unbranched alkanes of at least 4 members (excludes halogenated alkanes) is 3. The summed E-state index contributed by atoms with van der Waals surface area (Å²) in [5, 5.41) is 7.23. The second kappa shape index (κ2) is 25.6. The number of nitrogens with one attached hydrogen (secondary N) is 3. The summed E-state index contributed by atoms with van der Waals surface area (Å²) in [6.45, 7) is 20.3. The molecule has 0 radical (unpaired) electrons. The third-order valence-electron chi connectivity index (χ3n) is 10.4. The Morgan fingerprint density at radius 3 is 2.27 bits per heavy atom. The van der Waals surface area contributed by atoms with Gasteiger partial charge in [-0.15, -0.1) is 0 Å². The molecule has 0 bridgehead atoms. The van der Waals surface area contributed by atoms with Crippen molar-refractivity contribution in [2.75, 3.05) is 81.3 Å². The predicted molar refractivity (Wildman–Crippen MR) is 255 cm³/mol. The molecule has 0 spiro atoms. The Morgan fingerprint density at radius 1 is 0.903 bits per heavy atom. The number of piperazine rings is 1. The van der Waals surface area contributed by atoms with Crippen molar-refractivity contribution >= 4 is 62.3 Å². The van der Waals surface area contributed by atoms with Crippen LogP contribution in [0.1, 0.15) is 112 Å². The van der Waals surface area contributed by atoms with E-state index < -0.39 is 11.0 Å². The van der Waals surface area contributed by atoms with Crippen LogP contribution < -0.4 is 25.0 Å². The van der Waals surface area contributed by atoms with Crippen molar-refractivity contribution in [1.82, 2.24) is 24.6 Å². The number of carbonyl (C=O) groups is 1. The number of benzene rings is 2. The van der Waals surface area contributed by atoms with Crippen LogP contribution in [0.5, 0.6) is 5.75 Å². The van der Waals surface area contributed by atoms with Crippen LogP contribution in [-0.4, -0.2) is 100 Å². The smallest absolute Gasteiger partial charge is 0.267 e. The van der Waals surface area contributed by atoms with Crippen LogP contribution in [0.4, 0.5) is 22.5 Å². The highest BCUT2D eigenvalue weighted by molar-refractivity contribution is 7.84. The first-order valence-corrected chi connectivity index (χ1v) is 24.4. The number of carbonyl (C=O) groups excluding carboxylic acids is 1. The fraction of sp³-hybridized carbons (Fsp3) is 0.565. The summed E-state index contributed by atoms with van der Waals surface area (Å²) in [4.78, 5) is 31.9. The highest BCUT2D eigenvalue weighted by Crippen LogP contribution is 2.29. The number of thiazole rings is 1. The maximum absolute atomic E-state index is 12.9. The summed E-state index contributed by atoms with van der Waals surface area (Å²) in [5.41, 5.74) is 2.63. The molecule has 1 aliphatic rings. The molecule has 0 aliphatic carbocycles. The van der Waals surface area contributed by atoms with E-state index in [1.165, 1.54) is 11.3 Å². The number of aryl methyl sites for hydroxylation is 2. The van der Waals surface area contributed by atoms with E-state index in [9.17, 15) is 9.00 Å². The Labute approximate surface area is 380 Å². The molecule has 340 valence electrons. The average molecular weight is 912 g/mol. The van der Waals surface area contributed by atoms with Crippen molar-refractivity contribution in [3.63, 3.8) is 0 Å². The molecule has 5 rings (SSSR count). The summed E-state index contributed by atoms with van der Waals surface area (Å²) in [6, 6.07) is 15.7. The number of amides is 1. The molecule has 3 heterocycles. The number of nitrogens with zero attached hydrogens (tertiary/aromatic N) is 5. The largest absolute Gasteiger partial charge is 0.494 e. The summed E-state index contributed by atoms with van der Waals surface area (Å²) >= 11 is 7.55. The van der Waals surface area contributed by atoms with Gasteiger partial charge >= 0.3 is 0 Å². The zero-order chi connectivity index (χ0) is 44.3. The van der Waals surface area contributed by atoms with Gasteiger partial charge in [0.05, 0.1) is 39.2 Å². The van der Waals surface area contributed by atoms with Gasteiger partial charge in [0.15, 0.2) is 5.13 Å². The van der Waals surface area contributed by atoms with E-state index in [0.29, 0.717) is 45.6 Å². The van der Waals surface area contributed by atoms with Crippen molar-refractivity contribution in [1.29, 1.82) is 0 Å². The van der Waals surface area contributed by atoms with Gasteiger partial charge < -0.3 is 29.7 Å². The van der Waals surface area contributed by atoms with Crippen LogP contribution in [0.2, 0.25) is 5.02 Å². The van der Waals surface area contributed by atoms with Gasteiger partial charge in [0.2, 0.25) is 0 Å². The lowest BCUT2D eigenvalue weighted by atomic mass is 10.0. The van der Waals surface area contributed by atoms with Crippen molar-refractivity contribution in [2.45, 2.75) is 104 Å². The van der Waals surface area contributed by atoms with Crippen molar-refractivity contribution < 1.29 is 23.2 Å². The van der Waals surface area contributed by atoms with Gasteiger partial charge in [-0.1, -0.05) is 73.4 Å². The van der Waals surface area contributed by atoms with Gasteiger partial charge in [0.1, 0.15) is 28.1 Å². The van der Waals surface area contributed by atoms with Crippen LogP contribution in [0.25, 0.3) is 0 Å². The third-order valence-corrected chi connectivity index (χ3v) is 13.2. The van der Waals surface area contributed by atoms with E-state index >= 15 is 0 Å². The molecule has 2 aromatic carbocycles. The lowest BCUT2D eigenvalue weighted by Gasteiger charge is -2.35. The second-order valence-corrected chi connectivity index (χ2v) is 20.1. The summed E-state index contributed by atoms with van der Waals surface area (Å²) < 4.78 is 33.4. The number of hydrogen-bond acceptors (Lipinski definition) is 12. The van der Waals surface area contributed by atoms with E-state index in [1.807, 2.05) is 65.0 Å². The Kier molecular flexibility index (Phi) is 20.3. The minimum atomic E-state index is -1.12. The molecule has 16 heteroatoms. The van der Waals surface area contributed by atoms with Gasteiger partial charge in [0, 0.05) is 77.7 Å². The Bertz CT molecular complexity index is 1970. The van der Waals surface area contributed by atoms with Gasteiger partial charge in [-0.25, -0.2) is 23.9 Å². The molecular formula is C46H67ClN8O5S2. The van der Waals surface area contributed by atoms with Crippen LogP contribution in [-0.2, 0) is 20.5 Å². The molecule has 1 fully saturated rings. The highest BCUT2D eigenvalue weighted by Gasteiger charge is 2.24. The highest BCUT2D eigenvalue weighted by atomic mass is 35.5. The Morgan fingerprint density at radius 2 is 1.60 bits per heavy atom. The predicted octanol–water partition coefficient (Wildman–Crippen LogP) is 9.67. The second-order valence-electron chi connectivity index (χ2n) is 16.6. The number of rotatable bonds is 26. The molecule has 4 aromatic rings. The number of aromatic nitrogens is 3. The first-order chi connectivity index (χ1) is 29.9. The van der Waals surface area contributed by atoms with Crippen molar-refractivity contribution in [3.05, 3.63) is 81.6 Å². The van der Waals surface area contributed by atoms with Crippen molar-refractivity contribution in [3.8, 4) is 5.75 Å². The Balaban J connectivity index is 0.858. The van der Waals surface area contributed by atoms with E-state index in [0.717, 1.165) is 127 Å². The molecule has 13 nitrogen and oxygen atoms in total. The summed E-state index contributed by atoms with van der Waals surface area (Å²) in [5.74, 6) is 2.77. The summed E-state index contributed by atoms with van der Waals surface area (Å²) in [7, 11) is -1.12. The molecule has 3 N–H and O–H groups in total. The van der Waals surface area contributed by atoms with Gasteiger partial charge in [-0.2, -0.15) is 0 Å². The quantitative estimate of drug-likeness (QED) is 0.0519. The van der Waals surface area contributed by atoms with E-state index in [4.69, 9.17) is 30.8 Å². The maximum atomic E-state index is 12.9. The molecule has 2 aromatic heterocycles. The van der Waals surface area contributed by atoms with Gasteiger partial charge in [0.25, 0.3) is 5.91 Å². The third kappa shape index (κ3) is 16.5. The minimum Gasteiger partial charge on any atom is -0.494 e. The molecule has 2 atom stereocenters. The average Bonchev–Trinajstić information content (AvgIpc) is 3.72. The lowest BCUT2D eigenvalue weighted by Crippen LogP contribution is -2.47. The molecule has 1 aliphatic heterocycles. The first-order valence-electron chi connectivity index (χ1n) is 22.1. The van der Waals surface area contributed by atoms with Crippen molar-refractivity contribution in [2.24, 2.45) is 0 Å². The lowest BCUT2D eigenvalue weighted by molar-refractivity contribution is 0.103. The minimum absolute atomic E-state index is 0.0617. The van der Waals surface area contributed by atoms with Crippen LogP contribution in [0.15, 0.2) is 54.7 Å². The SMILES string of the molecule is CCCC(NS(=O)C(C)(C)C)c1ccc(OCCCOCCCCCCOCCCN2CCN(c3cc(Nc4ncc(C(=O)Nc5c(C)cccc5Cl)s4)nc(C)n3)CC2)cc1. The topological polar surface area (TPSA) is 143 Å². The zero-order valence-corrected chi connectivity index (χ0v) is 39.9. The van der Waals surface area contributed by atoms with E-state index in [2.05, 4.69) is 54.2 Å². The fourth-order valence-corrected chi connectivity index (χ4v) is 8.74. The standard InChI is InChI=1S/C46H67ClN8O5S2/c1-7-15-39(53-62(57)46(4,5)6)36-18-20-37(21-19-36)60-31-14-30-59-28-11-9-8-10-27-58-29-13-22-54-23-25-55(26-24-54)42-32-41(49-35(3)50-42)51-45-48-33-40(61-45)44(56)52-43-34(2)16-12-17-38(43)47/h12,16-21,32-33,39,53H,7-11,13-15,22-31H2,1-6H3,(H,52,56)(H,48,49,50,51). The van der Waals surface area contributed by atoms with E-state index in [1.54, 1.807) is 12.3 Å². The van der Waals surface area contributed by atoms with Crippen LogP contribution in [0.3, 0.4) is 0 Å². The fourth-order valence-electron chi connectivity index (χ4n) is 6.88. The van der Waals surface area contributed by atoms with Gasteiger partial charge in [-0.3, -0.25) is 9.69 Å². The molecule has 1 amide bonds. The molecular weight excluding hydrogens is 844 g/mol. The normalized spacial score (nSPS) is 14.5. The van der Waals surface area contributed by atoms with Crippen LogP contribution >= 0.6 is 22.9 Å². The monoisotopic (exact) mass is 910 g/mol.